The molecule has 3 aromatic rings. The SMILES string of the molecule is COC(=O)C1=C(CN2CCN3C(=O)N(c4ccc(N[C@H](C(=O)O)C(C)C)cc4)C[C@@H]3C2)NC(c2nccs2)=N[C@H]1c1ccc(F)cc1Cl. The topological polar surface area (TPSA) is 140 Å². The van der Waals surface area contributed by atoms with Crippen LogP contribution in [0.1, 0.15) is 30.5 Å². The number of anilines is 2. The normalized spacial score (nSPS) is 20.4. The third-order valence-corrected chi connectivity index (χ3v) is 9.78. The maximum absolute atomic E-state index is 14.0. The van der Waals surface area contributed by atoms with E-state index in [1.54, 1.807) is 23.2 Å². The predicted octanol–water partition coefficient (Wildman–Crippen LogP) is 4.60. The number of amides is 2. The number of hydrogen-bond acceptors (Lipinski definition) is 10. The number of hydrogen-bond donors (Lipinski definition) is 3. The molecule has 0 aliphatic carbocycles. The number of amidine groups is 1. The fourth-order valence-electron chi connectivity index (χ4n) is 6.25. The molecular weight excluding hydrogens is 661 g/mol. The lowest BCUT2D eigenvalue weighted by Crippen LogP contribution is -2.53. The summed E-state index contributed by atoms with van der Waals surface area (Å²) in [5, 5.41) is 18.5. The number of nitrogens with zero attached hydrogens (tertiary/aromatic N) is 5. The van der Waals surface area contributed by atoms with Crippen molar-refractivity contribution in [3.8, 4) is 0 Å². The first-order chi connectivity index (χ1) is 23.0. The number of thiazole rings is 1. The lowest BCUT2D eigenvalue weighted by atomic mass is 9.95. The molecular formula is C33H35ClFN7O5S. The minimum Gasteiger partial charge on any atom is -0.480 e. The Morgan fingerprint density at radius 3 is 2.60 bits per heavy atom. The first-order valence-electron chi connectivity index (χ1n) is 15.4. The summed E-state index contributed by atoms with van der Waals surface area (Å²) in [5.74, 6) is -1.67. The Morgan fingerprint density at radius 2 is 1.96 bits per heavy atom. The van der Waals surface area contributed by atoms with Crippen LogP contribution < -0.4 is 15.5 Å². The van der Waals surface area contributed by atoms with E-state index in [2.05, 4.69) is 20.5 Å². The first kappa shape index (κ1) is 33.4. The van der Waals surface area contributed by atoms with Gasteiger partial charge in [-0.15, -0.1) is 11.3 Å². The Balaban J connectivity index is 1.22. The summed E-state index contributed by atoms with van der Waals surface area (Å²) in [5.41, 5.74) is 2.65. The number of fused-ring (bicyclic) bond motifs is 1. The van der Waals surface area contributed by atoms with Gasteiger partial charge in [0.15, 0.2) is 10.8 Å². The number of piperazine rings is 1. The van der Waals surface area contributed by atoms with E-state index in [4.69, 9.17) is 21.3 Å². The monoisotopic (exact) mass is 695 g/mol. The van der Waals surface area contributed by atoms with Gasteiger partial charge in [0.1, 0.15) is 17.9 Å². The molecule has 0 spiro atoms. The fourth-order valence-corrected chi connectivity index (χ4v) is 7.11. The van der Waals surface area contributed by atoms with Crippen LogP contribution in [0, 0.1) is 11.7 Å². The van der Waals surface area contributed by atoms with Crippen molar-refractivity contribution in [1.29, 1.82) is 0 Å². The van der Waals surface area contributed by atoms with Crippen LogP contribution in [0.4, 0.5) is 20.6 Å². The maximum Gasteiger partial charge on any atom is 0.338 e. The van der Waals surface area contributed by atoms with Crippen LogP contribution in [0.25, 0.3) is 0 Å². The number of benzene rings is 2. The highest BCUT2D eigenvalue weighted by molar-refractivity contribution is 7.11. The molecule has 0 radical (unpaired) electrons. The average molecular weight is 696 g/mol. The molecule has 3 aliphatic heterocycles. The number of ether oxygens (including phenoxy) is 1. The van der Waals surface area contributed by atoms with E-state index in [0.29, 0.717) is 60.5 Å². The van der Waals surface area contributed by atoms with Gasteiger partial charge in [0.2, 0.25) is 0 Å². The number of esters is 1. The van der Waals surface area contributed by atoms with E-state index in [0.717, 1.165) is 5.69 Å². The van der Waals surface area contributed by atoms with Crippen LogP contribution in [-0.2, 0) is 14.3 Å². The van der Waals surface area contributed by atoms with Crippen LogP contribution >= 0.6 is 22.9 Å². The molecule has 48 heavy (non-hydrogen) atoms. The largest absolute Gasteiger partial charge is 0.480 e. The Bertz CT molecular complexity index is 1770. The van der Waals surface area contributed by atoms with Gasteiger partial charge in [0, 0.05) is 72.0 Å². The van der Waals surface area contributed by atoms with E-state index in [1.165, 1.54) is 36.6 Å². The highest BCUT2D eigenvalue weighted by Gasteiger charge is 2.42. The number of nitrogens with one attached hydrogen (secondary N) is 2. The molecule has 2 aromatic carbocycles. The van der Waals surface area contributed by atoms with Gasteiger partial charge in [-0.25, -0.2) is 23.8 Å². The zero-order valence-electron chi connectivity index (χ0n) is 26.5. The number of aliphatic carboxylic acids is 1. The second kappa shape index (κ2) is 13.9. The van der Waals surface area contributed by atoms with Crippen LogP contribution in [0.2, 0.25) is 5.02 Å². The second-order valence-corrected chi connectivity index (χ2v) is 13.4. The molecule has 0 saturated carbocycles. The van der Waals surface area contributed by atoms with Crippen molar-refractivity contribution < 1.29 is 28.6 Å². The number of rotatable bonds is 10. The van der Waals surface area contributed by atoms with Crippen molar-refractivity contribution in [1.82, 2.24) is 20.1 Å². The Kier molecular flexibility index (Phi) is 9.67. The summed E-state index contributed by atoms with van der Waals surface area (Å²) in [6.07, 6.45) is 1.66. The Labute approximate surface area is 285 Å². The zero-order chi connectivity index (χ0) is 34.1. The predicted molar refractivity (Wildman–Crippen MR) is 181 cm³/mol. The van der Waals surface area contributed by atoms with Gasteiger partial charge >= 0.3 is 18.0 Å². The summed E-state index contributed by atoms with van der Waals surface area (Å²) >= 11 is 7.87. The number of carbonyl (C=O) groups is 3. The molecule has 3 atom stereocenters. The van der Waals surface area contributed by atoms with Crippen molar-refractivity contribution in [2.45, 2.75) is 32.0 Å². The first-order valence-corrected chi connectivity index (χ1v) is 16.7. The number of urea groups is 1. The Morgan fingerprint density at radius 1 is 1.19 bits per heavy atom. The third kappa shape index (κ3) is 6.73. The molecule has 3 aliphatic rings. The van der Waals surface area contributed by atoms with Gasteiger partial charge in [0.25, 0.3) is 0 Å². The molecule has 4 heterocycles. The number of carboxylic acid groups (broad SMARTS) is 1. The molecule has 0 bridgehead atoms. The maximum atomic E-state index is 14.0. The minimum absolute atomic E-state index is 0.0968. The average Bonchev–Trinajstić information content (AvgIpc) is 3.71. The molecule has 1 aromatic heterocycles. The standard InChI is InChI=1S/C33H35ClFN7O5S/c1-18(2)27(31(43)44)37-20-5-7-21(8-6-20)42-16-22-15-40(11-12-41(22)33(42)46)17-25-26(32(45)47-3)28(23-9-4-19(35)14-24(23)34)39-29(38-25)30-36-10-13-48-30/h4-10,13-14,18,22,27-28,37H,11-12,15-17H2,1-3H3,(H,38,39)(H,43,44)/t22-,27-,28-/m0/s1. The number of aliphatic imine (C=N–C) groups is 1. The Hall–Kier alpha value is -4.53. The molecule has 3 N–H and O–H groups in total. The summed E-state index contributed by atoms with van der Waals surface area (Å²) < 4.78 is 19.2. The van der Waals surface area contributed by atoms with E-state index in [9.17, 15) is 23.9 Å². The van der Waals surface area contributed by atoms with Gasteiger partial charge < -0.3 is 25.4 Å². The van der Waals surface area contributed by atoms with Crippen molar-refractivity contribution in [3.63, 3.8) is 0 Å². The lowest BCUT2D eigenvalue weighted by molar-refractivity contribution is -0.139. The van der Waals surface area contributed by atoms with Crippen LogP contribution in [-0.4, -0.2) is 95.6 Å². The van der Waals surface area contributed by atoms with Crippen molar-refractivity contribution >= 4 is 58.1 Å². The van der Waals surface area contributed by atoms with Crippen molar-refractivity contribution in [2.24, 2.45) is 10.9 Å². The highest BCUT2D eigenvalue weighted by Crippen LogP contribution is 2.37. The summed E-state index contributed by atoms with van der Waals surface area (Å²) in [7, 11) is 1.30. The number of carbonyl (C=O) groups excluding carboxylic acids is 2. The number of aromatic nitrogens is 1. The van der Waals surface area contributed by atoms with Crippen molar-refractivity contribution in [2.75, 3.05) is 50.1 Å². The molecule has 12 nitrogen and oxygen atoms in total. The molecule has 252 valence electrons. The molecule has 15 heteroatoms. The third-order valence-electron chi connectivity index (χ3n) is 8.68. The van der Waals surface area contributed by atoms with E-state index in [1.807, 2.05) is 36.3 Å². The zero-order valence-corrected chi connectivity index (χ0v) is 28.1. The molecule has 2 saturated heterocycles. The molecule has 6 rings (SSSR count). The second-order valence-electron chi connectivity index (χ2n) is 12.1. The lowest BCUT2D eigenvalue weighted by Gasteiger charge is -2.38. The van der Waals surface area contributed by atoms with Crippen molar-refractivity contribution in [3.05, 3.63) is 86.7 Å². The summed E-state index contributed by atoms with van der Waals surface area (Å²) in [6, 6.07) is 9.38. The summed E-state index contributed by atoms with van der Waals surface area (Å²) in [6.45, 7) is 6.04. The van der Waals surface area contributed by atoms with Gasteiger partial charge in [0.05, 0.1) is 18.7 Å². The fraction of sp³-hybridized carbons (Fsp3) is 0.364. The van der Waals surface area contributed by atoms with Crippen LogP contribution in [0.3, 0.4) is 0 Å². The molecule has 0 unspecified atom stereocenters. The molecule has 2 fully saturated rings. The minimum atomic E-state index is -0.926. The van der Waals surface area contributed by atoms with Crippen LogP contribution in [0.15, 0.2) is 70.3 Å². The number of carboxylic acids is 1. The smallest absolute Gasteiger partial charge is 0.338 e. The highest BCUT2D eigenvalue weighted by atomic mass is 35.5. The van der Waals surface area contributed by atoms with E-state index in [-0.39, 0.29) is 28.6 Å². The van der Waals surface area contributed by atoms with Gasteiger partial charge in [-0.05, 0) is 42.3 Å². The van der Waals surface area contributed by atoms with Gasteiger partial charge in [-0.3, -0.25) is 14.8 Å². The van der Waals surface area contributed by atoms with E-state index >= 15 is 0 Å². The number of halogens is 2. The summed E-state index contributed by atoms with van der Waals surface area (Å²) in [4.78, 5) is 53.4. The van der Waals surface area contributed by atoms with E-state index < -0.39 is 29.8 Å². The van der Waals surface area contributed by atoms with Crippen LogP contribution in [0.5, 0.6) is 0 Å². The number of methoxy groups -OCH3 is 1. The molecule has 2 amide bonds. The quantitative estimate of drug-likeness (QED) is 0.260. The van der Waals surface area contributed by atoms with Gasteiger partial charge in [-0.1, -0.05) is 31.5 Å². The van der Waals surface area contributed by atoms with Gasteiger partial charge in [-0.2, -0.15) is 0 Å².